The van der Waals surface area contributed by atoms with Crippen LogP contribution < -0.4 is 5.73 Å². The highest BCUT2D eigenvalue weighted by molar-refractivity contribution is 5.85. The molecular formula is C14H14F3NO. The van der Waals surface area contributed by atoms with E-state index in [1.54, 1.807) is 24.3 Å². The highest BCUT2D eigenvalue weighted by atomic mass is 19.4. The number of nitrogens with two attached hydrogens (primary N) is 1. The van der Waals surface area contributed by atoms with Crippen LogP contribution in [0.5, 0.6) is 0 Å². The first-order chi connectivity index (χ1) is 8.89. The van der Waals surface area contributed by atoms with Gasteiger partial charge in [0.15, 0.2) is 0 Å². The summed E-state index contributed by atoms with van der Waals surface area (Å²) in [4.78, 5) is 0. The lowest BCUT2D eigenvalue weighted by atomic mass is 9.96. The Hall–Kier alpha value is -1.59. The largest absolute Gasteiger partial charge is 0.403 e. The number of hydrogen-bond acceptors (Lipinski definition) is 2. The summed E-state index contributed by atoms with van der Waals surface area (Å²) >= 11 is 0. The molecule has 5 heteroatoms. The van der Waals surface area contributed by atoms with Crippen molar-refractivity contribution in [1.29, 1.82) is 0 Å². The fourth-order valence-corrected chi connectivity index (χ4v) is 2.04. The van der Waals surface area contributed by atoms with Gasteiger partial charge in [-0.25, -0.2) is 0 Å². The third-order valence-corrected chi connectivity index (χ3v) is 3.08. The van der Waals surface area contributed by atoms with Gasteiger partial charge in [0, 0.05) is 6.42 Å². The van der Waals surface area contributed by atoms with Gasteiger partial charge in [0.2, 0.25) is 0 Å². The zero-order chi connectivity index (χ0) is 14.0. The van der Waals surface area contributed by atoms with Crippen LogP contribution in [0.15, 0.2) is 42.5 Å². The summed E-state index contributed by atoms with van der Waals surface area (Å²) in [5.41, 5.74) is 5.52. The zero-order valence-corrected chi connectivity index (χ0v) is 10.1. The molecule has 19 heavy (non-hydrogen) atoms. The SMILES string of the molecule is NC(CC(O)c1cccc2ccccc12)C(F)(F)F. The third kappa shape index (κ3) is 3.05. The number of fused-ring (bicyclic) bond motifs is 1. The monoisotopic (exact) mass is 269 g/mol. The molecule has 0 spiro atoms. The van der Waals surface area contributed by atoms with Crippen molar-refractivity contribution in [2.75, 3.05) is 0 Å². The van der Waals surface area contributed by atoms with Crippen LogP contribution in [0.3, 0.4) is 0 Å². The predicted molar refractivity (Wildman–Crippen MR) is 67.6 cm³/mol. The lowest BCUT2D eigenvalue weighted by Crippen LogP contribution is -2.38. The molecule has 0 heterocycles. The second-order valence-electron chi connectivity index (χ2n) is 4.47. The fourth-order valence-electron chi connectivity index (χ4n) is 2.04. The van der Waals surface area contributed by atoms with Crippen LogP contribution in [-0.4, -0.2) is 17.3 Å². The van der Waals surface area contributed by atoms with E-state index in [-0.39, 0.29) is 0 Å². The van der Waals surface area contributed by atoms with Gasteiger partial charge in [0.1, 0.15) is 6.04 Å². The standard InChI is InChI=1S/C14H14F3NO/c15-14(16,17)13(18)8-12(19)11-7-3-5-9-4-1-2-6-10(9)11/h1-7,12-13,19H,8,18H2. The molecule has 0 aliphatic carbocycles. The highest BCUT2D eigenvalue weighted by Crippen LogP contribution is 2.30. The first kappa shape index (κ1) is 13.8. The molecule has 2 rings (SSSR count). The normalized spacial score (nSPS) is 15.4. The summed E-state index contributed by atoms with van der Waals surface area (Å²) in [7, 11) is 0. The Morgan fingerprint density at radius 3 is 2.37 bits per heavy atom. The summed E-state index contributed by atoms with van der Waals surface area (Å²) in [5, 5.41) is 11.6. The number of hydrogen-bond donors (Lipinski definition) is 2. The van der Waals surface area contributed by atoms with E-state index in [2.05, 4.69) is 0 Å². The Morgan fingerprint density at radius 2 is 1.68 bits per heavy atom. The lowest BCUT2D eigenvalue weighted by Gasteiger charge is -2.20. The summed E-state index contributed by atoms with van der Waals surface area (Å²) in [6.07, 6.45) is -6.27. The highest BCUT2D eigenvalue weighted by Gasteiger charge is 2.38. The molecule has 0 aromatic heterocycles. The Bertz CT molecular complexity index is 563. The number of alkyl halides is 3. The summed E-state index contributed by atoms with van der Waals surface area (Å²) in [5.74, 6) is 0. The second kappa shape index (κ2) is 5.19. The van der Waals surface area contributed by atoms with Gasteiger partial charge < -0.3 is 10.8 Å². The van der Waals surface area contributed by atoms with Crippen LogP contribution in [0.4, 0.5) is 13.2 Å². The van der Waals surface area contributed by atoms with Crippen LogP contribution in [-0.2, 0) is 0 Å². The molecule has 0 fully saturated rings. The van der Waals surface area contributed by atoms with Crippen molar-refractivity contribution < 1.29 is 18.3 Å². The zero-order valence-electron chi connectivity index (χ0n) is 10.1. The smallest absolute Gasteiger partial charge is 0.388 e. The van der Waals surface area contributed by atoms with Crippen molar-refractivity contribution >= 4 is 10.8 Å². The van der Waals surface area contributed by atoms with Gasteiger partial charge in [-0.05, 0) is 16.3 Å². The molecule has 0 radical (unpaired) electrons. The van der Waals surface area contributed by atoms with E-state index < -0.39 is 24.7 Å². The molecule has 0 saturated heterocycles. The molecular weight excluding hydrogens is 255 g/mol. The van der Waals surface area contributed by atoms with Gasteiger partial charge in [0.25, 0.3) is 0 Å². The van der Waals surface area contributed by atoms with Crippen molar-refractivity contribution in [1.82, 2.24) is 0 Å². The van der Waals surface area contributed by atoms with Crippen molar-refractivity contribution in [3.8, 4) is 0 Å². The molecule has 2 aromatic carbocycles. The third-order valence-electron chi connectivity index (χ3n) is 3.08. The van der Waals surface area contributed by atoms with Crippen molar-refractivity contribution in [3.63, 3.8) is 0 Å². The molecule has 0 bridgehead atoms. The molecule has 2 unspecified atom stereocenters. The van der Waals surface area contributed by atoms with Crippen molar-refractivity contribution in [2.24, 2.45) is 5.73 Å². The Labute approximate surface area is 108 Å². The number of halogens is 3. The van der Waals surface area contributed by atoms with E-state index in [4.69, 9.17) is 5.73 Å². The van der Waals surface area contributed by atoms with Crippen molar-refractivity contribution in [2.45, 2.75) is 24.7 Å². The molecule has 0 amide bonds. The van der Waals surface area contributed by atoms with Gasteiger partial charge in [-0.1, -0.05) is 42.5 Å². The second-order valence-corrected chi connectivity index (χ2v) is 4.47. The Balaban J connectivity index is 2.29. The van der Waals surface area contributed by atoms with E-state index in [0.717, 1.165) is 10.8 Å². The summed E-state index contributed by atoms with van der Waals surface area (Å²) in [6, 6.07) is 10.4. The molecule has 2 atom stereocenters. The molecule has 2 aromatic rings. The summed E-state index contributed by atoms with van der Waals surface area (Å²) < 4.78 is 37.2. The van der Waals surface area contributed by atoms with Crippen LogP contribution in [0.25, 0.3) is 10.8 Å². The van der Waals surface area contributed by atoms with E-state index in [1.165, 1.54) is 0 Å². The first-order valence-electron chi connectivity index (χ1n) is 5.87. The molecule has 102 valence electrons. The Kier molecular flexibility index (Phi) is 3.78. The number of rotatable bonds is 3. The van der Waals surface area contributed by atoms with E-state index in [9.17, 15) is 18.3 Å². The van der Waals surface area contributed by atoms with Gasteiger partial charge >= 0.3 is 6.18 Å². The maximum atomic E-state index is 12.4. The Morgan fingerprint density at radius 1 is 1.05 bits per heavy atom. The maximum Gasteiger partial charge on any atom is 0.403 e. The van der Waals surface area contributed by atoms with Crippen LogP contribution in [0.1, 0.15) is 18.1 Å². The minimum atomic E-state index is -4.49. The van der Waals surface area contributed by atoms with E-state index in [1.807, 2.05) is 18.2 Å². The average Bonchev–Trinajstić information content (AvgIpc) is 2.36. The van der Waals surface area contributed by atoms with Crippen LogP contribution in [0, 0.1) is 0 Å². The molecule has 3 N–H and O–H groups in total. The summed E-state index contributed by atoms with van der Waals surface area (Å²) in [6.45, 7) is 0. The molecule has 0 aliphatic rings. The average molecular weight is 269 g/mol. The molecule has 0 saturated carbocycles. The van der Waals surface area contributed by atoms with Gasteiger partial charge in [-0.2, -0.15) is 13.2 Å². The van der Waals surface area contributed by atoms with E-state index >= 15 is 0 Å². The minimum absolute atomic E-state index is 0.470. The number of benzene rings is 2. The quantitative estimate of drug-likeness (QED) is 0.899. The van der Waals surface area contributed by atoms with E-state index in [0.29, 0.717) is 5.56 Å². The topological polar surface area (TPSA) is 46.2 Å². The van der Waals surface area contributed by atoms with Gasteiger partial charge in [0.05, 0.1) is 6.10 Å². The predicted octanol–water partition coefficient (Wildman–Crippen LogP) is 3.15. The number of aliphatic hydroxyl groups is 1. The fraction of sp³-hybridized carbons (Fsp3) is 0.286. The van der Waals surface area contributed by atoms with Gasteiger partial charge in [-0.15, -0.1) is 0 Å². The lowest BCUT2D eigenvalue weighted by molar-refractivity contribution is -0.153. The maximum absolute atomic E-state index is 12.4. The van der Waals surface area contributed by atoms with Crippen LogP contribution in [0.2, 0.25) is 0 Å². The molecule has 0 aliphatic heterocycles. The minimum Gasteiger partial charge on any atom is -0.388 e. The number of aliphatic hydroxyl groups excluding tert-OH is 1. The van der Waals surface area contributed by atoms with Crippen molar-refractivity contribution in [3.05, 3.63) is 48.0 Å². The van der Waals surface area contributed by atoms with Crippen LogP contribution >= 0.6 is 0 Å². The first-order valence-corrected chi connectivity index (χ1v) is 5.87. The van der Waals surface area contributed by atoms with Gasteiger partial charge in [-0.3, -0.25) is 0 Å². The molecule has 2 nitrogen and oxygen atoms in total.